The second-order valence-corrected chi connectivity index (χ2v) is 7.10. The molecule has 1 aliphatic heterocycles. The molecule has 1 saturated heterocycles. The first-order valence-electron chi connectivity index (χ1n) is 8.00. The van der Waals surface area contributed by atoms with Crippen LogP contribution in [0.15, 0.2) is 16.9 Å². The first kappa shape index (κ1) is 14.6. The van der Waals surface area contributed by atoms with Gasteiger partial charge in [0.25, 0.3) is 5.91 Å². The zero-order valence-corrected chi connectivity index (χ0v) is 13.8. The summed E-state index contributed by atoms with van der Waals surface area (Å²) >= 11 is 1.42. The molecule has 1 saturated carbocycles. The predicted molar refractivity (Wildman–Crippen MR) is 85.4 cm³/mol. The first-order chi connectivity index (χ1) is 11.2. The molecule has 2 aromatic heterocycles. The maximum Gasteiger partial charge on any atom is 0.276 e. The largest absolute Gasteiger partial charge is 0.364 e. The van der Waals surface area contributed by atoms with E-state index in [4.69, 9.17) is 4.52 Å². The number of fused-ring (bicyclic) bond motifs is 1. The zero-order chi connectivity index (χ0) is 15.9. The summed E-state index contributed by atoms with van der Waals surface area (Å²) in [5.74, 6) is 1.32. The van der Waals surface area contributed by atoms with Gasteiger partial charge in [-0.3, -0.25) is 4.79 Å². The monoisotopic (exact) mass is 333 g/mol. The van der Waals surface area contributed by atoms with Crippen molar-refractivity contribution >= 4 is 22.6 Å². The van der Waals surface area contributed by atoms with E-state index in [2.05, 4.69) is 26.8 Å². The van der Waals surface area contributed by atoms with Gasteiger partial charge < -0.3 is 14.7 Å². The summed E-state index contributed by atoms with van der Waals surface area (Å²) in [6.07, 6.45) is 5.58. The van der Waals surface area contributed by atoms with E-state index in [1.54, 1.807) is 6.07 Å². The summed E-state index contributed by atoms with van der Waals surface area (Å²) in [7, 11) is 0. The predicted octanol–water partition coefficient (Wildman–Crippen LogP) is 2.20. The van der Waals surface area contributed by atoms with Gasteiger partial charge in [-0.05, 0) is 19.3 Å². The summed E-state index contributed by atoms with van der Waals surface area (Å²) in [4.78, 5) is 18.9. The molecule has 8 heteroatoms. The number of anilines is 1. The molecule has 1 aliphatic carbocycles. The Morgan fingerprint density at radius 2 is 2.52 bits per heavy atom. The fourth-order valence-electron chi connectivity index (χ4n) is 3.53. The average molecular weight is 333 g/mol. The van der Waals surface area contributed by atoms with Crippen molar-refractivity contribution < 1.29 is 9.32 Å². The zero-order valence-electron chi connectivity index (χ0n) is 13.0. The molecule has 2 atom stereocenters. The minimum atomic E-state index is -0.0572. The Morgan fingerprint density at radius 3 is 3.22 bits per heavy atom. The van der Waals surface area contributed by atoms with Crippen molar-refractivity contribution in [3.8, 4) is 0 Å². The third kappa shape index (κ3) is 2.50. The van der Waals surface area contributed by atoms with Crippen LogP contribution >= 0.6 is 11.5 Å². The lowest BCUT2D eigenvalue weighted by Gasteiger charge is -2.44. The highest BCUT2D eigenvalue weighted by Gasteiger charge is 2.54. The van der Waals surface area contributed by atoms with Gasteiger partial charge in [-0.1, -0.05) is 12.1 Å². The number of hydrogen-bond donors (Lipinski definition) is 1. The fraction of sp³-hybridized carbons (Fsp3) is 0.600. The lowest BCUT2D eigenvalue weighted by molar-refractivity contribution is 0.0776. The van der Waals surface area contributed by atoms with Gasteiger partial charge in [-0.25, -0.2) is 4.98 Å². The summed E-state index contributed by atoms with van der Waals surface area (Å²) in [6, 6.07) is 1.62. The van der Waals surface area contributed by atoms with E-state index >= 15 is 0 Å². The maximum atomic E-state index is 12.5. The molecule has 23 heavy (non-hydrogen) atoms. The van der Waals surface area contributed by atoms with Gasteiger partial charge in [-0.15, -0.1) is 0 Å². The molecule has 0 spiro atoms. The Bertz CT molecular complexity index is 701. The number of nitrogens with one attached hydrogen (secondary N) is 1. The highest BCUT2D eigenvalue weighted by Crippen LogP contribution is 2.47. The Kier molecular flexibility index (Phi) is 3.56. The molecular weight excluding hydrogens is 314 g/mol. The summed E-state index contributed by atoms with van der Waals surface area (Å²) < 4.78 is 9.17. The molecule has 1 amide bonds. The number of rotatable bonds is 5. The second-order valence-electron chi connectivity index (χ2n) is 6.35. The fourth-order valence-corrected chi connectivity index (χ4v) is 4.25. The van der Waals surface area contributed by atoms with E-state index in [1.807, 2.05) is 4.90 Å². The molecule has 3 heterocycles. The topological polar surface area (TPSA) is 84.2 Å². The normalized spacial score (nSPS) is 26.0. The molecule has 0 bridgehead atoms. The summed E-state index contributed by atoms with van der Waals surface area (Å²) in [5, 5.41) is 8.19. The molecular formula is C15H19N5O2S. The number of aromatic nitrogens is 3. The molecule has 1 N–H and O–H groups in total. The van der Waals surface area contributed by atoms with E-state index in [1.165, 1.54) is 17.8 Å². The van der Waals surface area contributed by atoms with E-state index in [0.717, 1.165) is 43.2 Å². The average Bonchev–Trinajstić information content (AvgIpc) is 3.24. The third-order valence-electron chi connectivity index (χ3n) is 4.88. The van der Waals surface area contributed by atoms with Crippen molar-refractivity contribution in [1.82, 2.24) is 19.4 Å². The summed E-state index contributed by atoms with van der Waals surface area (Å²) in [6.45, 7) is 3.57. The van der Waals surface area contributed by atoms with Crippen LogP contribution in [-0.2, 0) is 6.42 Å². The van der Waals surface area contributed by atoms with Crippen LogP contribution in [-0.4, -0.2) is 43.9 Å². The van der Waals surface area contributed by atoms with Crippen LogP contribution in [0.25, 0.3) is 0 Å². The Morgan fingerprint density at radius 1 is 1.61 bits per heavy atom. The molecule has 2 fully saturated rings. The lowest BCUT2D eigenvalue weighted by atomic mass is 9.69. The van der Waals surface area contributed by atoms with Crippen molar-refractivity contribution in [3.05, 3.63) is 23.8 Å². The van der Waals surface area contributed by atoms with Gasteiger partial charge in [-0.2, -0.15) is 4.37 Å². The molecule has 2 unspecified atom stereocenters. The number of amides is 1. The van der Waals surface area contributed by atoms with Crippen LogP contribution < -0.4 is 5.32 Å². The number of carbonyl (C=O) groups is 1. The first-order valence-corrected chi connectivity index (χ1v) is 8.78. The van der Waals surface area contributed by atoms with E-state index in [9.17, 15) is 4.79 Å². The third-order valence-corrected chi connectivity index (χ3v) is 5.54. The van der Waals surface area contributed by atoms with Crippen LogP contribution in [0.1, 0.15) is 42.5 Å². The second kappa shape index (κ2) is 5.59. The Balaban J connectivity index is 1.47. The van der Waals surface area contributed by atoms with Gasteiger partial charge in [0.15, 0.2) is 5.69 Å². The van der Waals surface area contributed by atoms with Crippen molar-refractivity contribution in [1.29, 1.82) is 0 Å². The van der Waals surface area contributed by atoms with Crippen molar-refractivity contribution in [3.63, 3.8) is 0 Å². The minimum absolute atomic E-state index is 0.0532. The van der Waals surface area contributed by atoms with Gasteiger partial charge >= 0.3 is 0 Å². The standard InChI is InChI=1S/C15H19N5O2S/c1-2-3-12-16-14(23-19-12)17-15-6-4-10(15)8-20(9-15)13(21)11-5-7-22-18-11/h5,7,10H,2-4,6,8-9H2,1H3,(H,16,17,19). The number of aryl methyl sites for hydroxylation is 1. The molecule has 2 aromatic rings. The number of hydrogen-bond acceptors (Lipinski definition) is 7. The smallest absolute Gasteiger partial charge is 0.276 e. The lowest BCUT2D eigenvalue weighted by Crippen LogP contribution is -2.53. The van der Waals surface area contributed by atoms with Crippen molar-refractivity contribution in [2.45, 2.75) is 38.1 Å². The van der Waals surface area contributed by atoms with Crippen LogP contribution in [0, 0.1) is 5.92 Å². The molecule has 0 aromatic carbocycles. The van der Waals surface area contributed by atoms with E-state index < -0.39 is 0 Å². The van der Waals surface area contributed by atoms with Gasteiger partial charge in [0, 0.05) is 43.0 Å². The van der Waals surface area contributed by atoms with Gasteiger partial charge in [0.05, 0.1) is 5.54 Å². The van der Waals surface area contributed by atoms with Crippen LogP contribution in [0.2, 0.25) is 0 Å². The Labute approximate surface area is 138 Å². The van der Waals surface area contributed by atoms with Gasteiger partial charge in [0.1, 0.15) is 12.1 Å². The minimum Gasteiger partial charge on any atom is -0.364 e. The Hall–Kier alpha value is -1.96. The quantitative estimate of drug-likeness (QED) is 0.903. The highest BCUT2D eigenvalue weighted by atomic mass is 32.1. The molecule has 0 radical (unpaired) electrons. The molecule has 4 rings (SSSR count). The number of carbonyl (C=O) groups excluding carboxylic acids is 1. The van der Waals surface area contributed by atoms with Crippen LogP contribution in [0.4, 0.5) is 5.13 Å². The van der Waals surface area contributed by atoms with E-state index in [0.29, 0.717) is 18.2 Å². The van der Waals surface area contributed by atoms with Crippen molar-refractivity contribution in [2.24, 2.45) is 5.92 Å². The highest BCUT2D eigenvalue weighted by molar-refractivity contribution is 7.09. The maximum absolute atomic E-state index is 12.5. The SMILES string of the molecule is CCCc1nsc(NC23CCC2CN(C(=O)c2ccon2)C3)n1. The summed E-state index contributed by atoms with van der Waals surface area (Å²) in [5.41, 5.74) is 0.324. The van der Waals surface area contributed by atoms with Gasteiger partial charge in [0.2, 0.25) is 5.13 Å². The molecule has 2 aliphatic rings. The van der Waals surface area contributed by atoms with Crippen LogP contribution in [0.3, 0.4) is 0 Å². The van der Waals surface area contributed by atoms with E-state index in [-0.39, 0.29) is 11.4 Å². The molecule has 7 nitrogen and oxygen atoms in total. The number of nitrogens with zero attached hydrogens (tertiary/aromatic N) is 4. The van der Waals surface area contributed by atoms with Crippen LogP contribution in [0.5, 0.6) is 0 Å². The van der Waals surface area contributed by atoms with Crippen molar-refractivity contribution in [2.75, 3.05) is 18.4 Å². The number of likely N-dealkylation sites (tertiary alicyclic amines) is 1. The molecule has 122 valence electrons.